The van der Waals surface area contributed by atoms with E-state index in [2.05, 4.69) is 32.2 Å². The lowest BCUT2D eigenvalue weighted by Gasteiger charge is -2.37. The molecule has 30 heavy (non-hydrogen) atoms. The number of rotatable bonds is 5. The number of benzene rings is 2. The third-order valence-corrected chi connectivity index (χ3v) is 5.82. The van der Waals surface area contributed by atoms with Crippen molar-refractivity contribution in [2.45, 2.75) is 11.4 Å². The summed E-state index contributed by atoms with van der Waals surface area (Å²) < 4.78 is 28.3. The molecule has 0 aromatic heterocycles. The number of piperazine rings is 1. The van der Waals surface area contributed by atoms with Crippen LogP contribution in [0.5, 0.6) is 5.75 Å². The van der Waals surface area contributed by atoms with Crippen molar-refractivity contribution >= 4 is 45.6 Å². The van der Waals surface area contributed by atoms with Gasteiger partial charge in [0, 0.05) is 45.5 Å². The Bertz CT molecular complexity index is 959. The number of nitrogens with one attached hydrogen (secondary N) is 1. The molecule has 10 heteroatoms. The van der Waals surface area contributed by atoms with Crippen molar-refractivity contribution in [2.75, 3.05) is 45.2 Å². The lowest BCUT2D eigenvalue weighted by Crippen LogP contribution is -2.52. The van der Waals surface area contributed by atoms with Crippen LogP contribution in [-0.4, -0.2) is 59.6 Å². The molecule has 1 heterocycles. The number of hydrogen-bond acceptors (Lipinski definition) is 5. The van der Waals surface area contributed by atoms with Crippen molar-refractivity contribution < 1.29 is 13.2 Å². The van der Waals surface area contributed by atoms with Crippen LogP contribution in [-0.2, 0) is 16.6 Å². The van der Waals surface area contributed by atoms with Crippen LogP contribution in [0.15, 0.2) is 58.4 Å². The smallest absolute Gasteiger partial charge is 0.238 e. The zero-order chi connectivity index (χ0) is 20.9. The summed E-state index contributed by atoms with van der Waals surface area (Å²) in [4.78, 5) is 9.01. The average Bonchev–Trinajstić information content (AvgIpc) is 2.74. The number of sulfonamides is 1. The van der Waals surface area contributed by atoms with Gasteiger partial charge in [-0.2, -0.15) is 0 Å². The van der Waals surface area contributed by atoms with Gasteiger partial charge in [0.05, 0.1) is 12.0 Å². The molecular weight excluding hydrogens is 517 g/mol. The molecule has 3 rings (SSSR count). The van der Waals surface area contributed by atoms with Crippen molar-refractivity contribution in [3.63, 3.8) is 0 Å². The molecule has 0 aliphatic carbocycles. The second-order valence-electron chi connectivity index (χ2n) is 6.77. The summed E-state index contributed by atoms with van der Waals surface area (Å²) in [6, 6.07) is 14.7. The summed E-state index contributed by atoms with van der Waals surface area (Å²) in [5, 5.41) is 8.52. The van der Waals surface area contributed by atoms with Crippen molar-refractivity contribution in [1.29, 1.82) is 0 Å². The van der Waals surface area contributed by atoms with Gasteiger partial charge >= 0.3 is 0 Å². The minimum absolute atomic E-state index is 0. The Hall–Kier alpha value is -2.05. The van der Waals surface area contributed by atoms with E-state index < -0.39 is 10.0 Å². The molecule has 0 amide bonds. The van der Waals surface area contributed by atoms with E-state index in [1.54, 1.807) is 26.3 Å². The van der Waals surface area contributed by atoms with Gasteiger partial charge in [-0.25, -0.2) is 13.6 Å². The lowest BCUT2D eigenvalue weighted by atomic mass is 10.2. The highest BCUT2D eigenvalue weighted by Gasteiger charge is 2.20. The number of guanidine groups is 1. The van der Waals surface area contributed by atoms with E-state index in [0.29, 0.717) is 6.54 Å². The minimum Gasteiger partial charge on any atom is -0.497 e. The summed E-state index contributed by atoms with van der Waals surface area (Å²) in [6.45, 7) is 3.91. The SMILES string of the molecule is CN=C(NCc1cccc(S(N)(=O)=O)c1)N1CCN(c2ccc(OC)cc2)CC1.I. The third kappa shape index (κ3) is 6.22. The summed E-state index contributed by atoms with van der Waals surface area (Å²) in [5.74, 6) is 1.64. The van der Waals surface area contributed by atoms with Gasteiger partial charge in [-0.1, -0.05) is 12.1 Å². The van der Waals surface area contributed by atoms with E-state index in [9.17, 15) is 8.42 Å². The number of primary sulfonamides is 1. The van der Waals surface area contributed by atoms with E-state index in [4.69, 9.17) is 9.88 Å². The fraction of sp³-hybridized carbons (Fsp3) is 0.350. The maximum Gasteiger partial charge on any atom is 0.238 e. The Kier molecular flexibility index (Phi) is 8.74. The van der Waals surface area contributed by atoms with Gasteiger partial charge in [-0.3, -0.25) is 4.99 Å². The number of aliphatic imine (C=N–C) groups is 1. The molecule has 3 N–H and O–H groups in total. The normalized spacial score (nSPS) is 14.8. The Labute approximate surface area is 195 Å². The van der Waals surface area contributed by atoms with E-state index in [0.717, 1.165) is 43.5 Å². The number of nitrogens with two attached hydrogens (primary N) is 1. The van der Waals surface area contributed by atoms with E-state index in [-0.39, 0.29) is 28.9 Å². The summed E-state index contributed by atoms with van der Waals surface area (Å²) in [6.07, 6.45) is 0. The van der Waals surface area contributed by atoms with Gasteiger partial charge in [0.1, 0.15) is 5.75 Å². The van der Waals surface area contributed by atoms with Crippen LogP contribution < -0.4 is 20.1 Å². The lowest BCUT2D eigenvalue weighted by molar-refractivity contribution is 0.372. The second-order valence-corrected chi connectivity index (χ2v) is 8.33. The molecule has 1 aliphatic rings. The molecule has 0 saturated carbocycles. The highest BCUT2D eigenvalue weighted by atomic mass is 127. The first-order valence-corrected chi connectivity index (χ1v) is 10.9. The summed E-state index contributed by atoms with van der Waals surface area (Å²) >= 11 is 0. The van der Waals surface area contributed by atoms with E-state index >= 15 is 0 Å². The van der Waals surface area contributed by atoms with E-state index in [1.807, 2.05) is 18.2 Å². The molecule has 2 aromatic carbocycles. The zero-order valence-corrected chi connectivity index (χ0v) is 20.3. The molecule has 0 atom stereocenters. The van der Waals surface area contributed by atoms with Crippen LogP contribution in [0.4, 0.5) is 5.69 Å². The molecule has 1 aliphatic heterocycles. The van der Waals surface area contributed by atoms with Crippen LogP contribution in [0, 0.1) is 0 Å². The van der Waals surface area contributed by atoms with Gasteiger partial charge in [0.15, 0.2) is 5.96 Å². The van der Waals surface area contributed by atoms with Crippen molar-refractivity contribution in [3.05, 3.63) is 54.1 Å². The predicted molar refractivity (Wildman–Crippen MR) is 130 cm³/mol. The molecule has 0 radical (unpaired) electrons. The topological polar surface area (TPSA) is 100 Å². The summed E-state index contributed by atoms with van der Waals surface area (Å²) in [7, 11) is -0.296. The standard InChI is InChI=1S/C20H27N5O3S.HI/c1-22-20(23-15-16-4-3-5-19(14-16)29(21,26)27)25-12-10-24(11-13-25)17-6-8-18(28-2)9-7-17;/h3-9,14H,10-13,15H2,1-2H3,(H,22,23)(H2,21,26,27);1H. The van der Waals surface area contributed by atoms with Crippen molar-refractivity contribution in [1.82, 2.24) is 10.2 Å². The Morgan fingerprint density at radius 2 is 1.80 bits per heavy atom. The third-order valence-electron chi connectivity index (χ3n) is 4.91. The first-order valence-electron chi connectivity index (χ1n) is 9.37. The van der Waals surface area contributed by atoms with Crippen LogP contribution in [0.25, 0.3) is 0 Å². The van der Waals surface area contributed by atoms with Gasteiger partial charge in [-0.15, -0.1) is 24.0 Å². The predicted octanol–water partition coefficient (Wildman–Crippen LogP) is 1.86. The Balaban J connectivity index is 0.00000320. The molecule has 0 unspecified atom stereocenters. The molecular formula is C20H28IN5O3S. The highest BCUT2D eigenvalue weighted by molar-refractivity contribution is 14.0. The monoisotopic (exact) mass is 545 g/mol. The first-order chi connectivity index (χ1) is 13.9. The second kappa shape index (κ2) is 10.8. The van der Waals surface area contributed by atoms with E-state index in [1.165, 1.54) is 11.8 Å². The number of hydrogen-bond donors (Lipinski definition) is 2. The zero-order valence-electron chi connectivity index (χ0n) is 17.1. The number of halogens is 1. The molecule has 0 bridgehead atoms. The molecule has 8 nitrogen and oxygen atoms in total. The number of nitrogens with zero attached hydrogens (tertiary/aromatic N) is 3. The number of ether oxygens (including phenoxy) is 1. The quantitative estimate of drug-likeness (QED) is 0.338. The molecule has 1 fully saturated rings. The highest BCUT2D eigenvalue weighted by Crippen LogP contribution is 2.20. The van der Waals surface area contributed by atoms with Gasteiger partial charge in [-0.05, 0) is 42.0 Å². The number of anilines is 1. The summed E-state index contributed by atoms with van der Waals surface area (Å²) in [5.41, 5.74) is 2.00. The fourth-order valence-electron chi connectivity index (χ4n) is 3.32. The van der Waals surface area contributed by atoms with Crippen LogP contribution in [0.2, 0.25) is 0 Å². The molecule has 2 aromatic rings. The number of methoxy groups -OCH3 is 1. The minimum atomic E-state index is -3.71. The van der Waals surface area contributed by atoms with Gasteiger partial charge in [0.25, 0.3) is 0 Å². The molecule has 164 valence electrons. The van der Waals surface area contributed by atoms with Crippen LogP contribution in [0.1, 0.15) is 5.56 Å². The van der Waals surface area contributed by atoms with Crippen molar-refractivity contribution in [3.8, 4) is 5.75 Å². The van der Waals surface area contributed by atoms with Crippen molar-refractivity contribution in [2.24, 2.45) is 10.1 Å². The first kappa shape index (κ1) is 24.2. The maximum absolute atomic E-state index is 11.5. The Morgan fingerprint density at radius 1 is 1.13 bits per heavy atom. The van der Waals surface area contributed by atoms with Gasteiger partial charge in [0.2, 0.25) is 10.0 Å². The average molecular weight is 545 g/mol. The fourth-order valence-corrected chi connectivity index (χ4v) is 3.90. The van der Waals surface area contributed by atoms with Crippen LogP contribution >= 0.6 is 24.0 Å². The molecule has 1 saturated heterocycles. The largest absolute Gasteiger partial charge is 0.497 e. The Morgan fingerprint density at radius 3 is 2.37 bits per heavy atom. The van der Waals surface area contributed by atoms with Gasteiger partial charge < -0.3 is 19.9 Å². The maximum atomic E-state index is 11.5. The molecule has 0 spiro atoms. The van der Waals surface area contributed by atoms with Crippen LogP contribution in [0.3, 0.4) is 0 Å².